The lowest BCUT2D eigenvalue weighted by Gasteiger charge is -2.41. The molecule has 0 bridgehead atoms. The second kappa shape index (κ2) is 8.19. The van der Waals surface area contributed by atoms with E-state index in [9.17, 15) is 4.79 Å². The molecule has 1 aliphatic carbocycles. The molecule has 4 rings (SSSR count). The van der Waals surface area contributed by atoms with Gasteiger partial charge in [0, 0.05) is 44.5 Å². The molecule has 1 amide bonds. The zero-order valence-corrected chi connectivity index (χ0v) is 15.6. The molecule has 2 heterocycles. The molecule has 1 aromatic carbocycles. The first-order valence-electron chi connectivity index (χ1n) is 9.82. The SMILES string of the molecule is O=C(NCc1ccccc1)C1(Cc2ccccn2)CN(CC2CC2)CCO1. The minimum absolute atomic E-state index is 0.0440. The van der Waals surface area contributed by atoms with Crippen LogP contribution in [0.3, 0.4) is 0 Å². The lowest BCUT2D eigenvalue weighted by molar-refractivity contribution is -0.160. The summed E-state index contributed by atoms with van der Waals surface area (Å²) >= 11 is 0. The van der Waals surface area contributed by atoms with E-state index in [1.807, 2.05) is 48.5 Å². The molecule has 1 saturated heterocycles. The van der Waals surface area contributed by atoms with Crippen LogP contribution in [0.4, 0.5) is 0 Å². The zero-order valence-electron chi connectivity index (χ0n) is 15.6. The van der Waals surface area contributed by atoms with Gasteiger partial charge in [0.1, 0.15) is 0 Å². The minimum Gasteiger partial charge on any atom is -0.362 e. The molecular weight excluding hydrogens is 338 g/mol. The van der Waals surface area contributed by atoms with Gasteiger partial charge in [0.25, 0.3) is 5.91 Å². The minimum atomic E-state index is -0.879. The van der Waals surface area contributed by atoms with E-state index in [0.29, 0.717) is 26.1 Å². The molecule has 1 saturated carbocycles. The molecule has 27 heavy (non-hydrogen) atoms. The molecule has 1 aliphatic heterocycles. The van der Waals surface area contributed by atoms with Crippen molar-refractivity contribution in [3.8, 4) is 0 Å². The van der Waals surface area contributed by atoms with Gasteiger partial charge in [-0.3, -0.25) is 14.7 Å². The maximum absolute atomic E-state index is 13.3. The van der Waals surface area contributed by atoms with Crippen LogP contribution in [0.5, 0.6) is 0 Å². The van der Waals surface area contributed by atoms with E-state index >= 15 is 0 Å². The predicted octanol–water partition coefficient (Wildman–Crippen LogP) is 2.42. The molecule has 1 atom stereocenters. The number of amides is 1. The van der Waals surface area contributed by atoms with Crippen LogP contribution >= 0.6 is 0 Å². The summed E-state index contributed by atoms with van der Waals surface area (Å²) in [5.74, 6) is 0.750. The average molecular weight is 365 g/mol. The summed E-state index contributed by atoms with van der Waals surface area (Å²) in [6.45, 7) is 3.68. The number of aromatic nitrogens is 1. The fourth-order valence-corrected chi connectivity index (χ4v) is 3.74. The largest absolute Gasteiger partial charge is 0.362 e. The normalized spacial score (nSPS) is 23.1. The Morgan fingerprint density at radius 2 is 2.00 bits per heavy atom. The topological polar surface area (TPSA) is 54.5 Å². The smallest absolute Gasteiger partial charge is 0.254 e. The Morgan fingerprint density at radius 1 is 1.19 bits per heavy atom. The van der Waals surface area contributed by atoms with E-state index in [1.165, 1.54) is 12.8 Å². The Balaban J connectivity index is 1.50. The first kappa shape index (κ1) is 18.1. The Kier molecular flexibility index (Phi) is 5.50. The number of hydrogen-bond donors (Lipinski definition) is 1. The molecule has 1 N–H and O–H groups in total. The number of ether oxygens (including phenoxy) is 1. The summed E-state index contributed by atoms with van der Waals surface area (Å²) in [6.07, 6.45) is 4.89. The van der Waals surface area contributed by atoms with E-state index in [1.54, 1.807) is 6.20 Å². The van der Waals surface area contributed by atoms with Crippen molar-refractivity contribution in [1.82, 2.24) is 15.2 Å². The summed E-state index contributed by atoms with van der Waals surface area (Å²) in [7, 11) is 0. The van der Waals surface area contributed by atoms with Gasteiger partial charge in [0.2, 0.25) is 0 Å². The van der Waals surface area contributed by atoms with E-state index in [2.05, 4.69) is 15.2 Å². The van der Waals surface area contributed by atoms with Crippen molar-refractivity contribution >= 4 is 5.91 Å². The van der Waals surface area contributed by atoms with Gasteiger partial charge >= 0.3 is 0 Å². The summed E-state index contributed by atoms with van der Waals surface area (Å²) in [5.41, 5.74) is 1.10. The third-order valence-electron chi connectivity index (χ3n) is 5.38. The second-order valence-corrected chi connectivity index (χ2v) is 7.69. The van der Waals surface area contributed by atoms with E-state index in [0.717, 1.165) is 30.3 Å². The maximum Gasteiger partial charge on any atom is 0.254 e. The van der Waals surface area contributed by atoms with Gasteiger partial charge < -0.3 is 10.1 Å². The number of rotatable bonds is 7. The van der Waals surface area contributed by atoms with Crippen molar-refractivity contribution in [3.63, 3.8) is 0 Å². The van der Waals surface area contributed by atoms with Crippen molar-refractivity contribution in [2.75, 3.05) is 26.2 Å². The monoisotopic (exact) mass is 365 g/mol. The van der Waals surface area contributed by atoms with Gasteiger partial charge in [-0.25, -0.2) is 0 Å². The lowest BCUT2D eigenvalue weighted by Crippen LogP contribution is -2.61. The summed E-state index contributed by atoms with van der Waals surface area (Å²) < 4.78 is 6.16. The number of hydrogen-bond acceptors (Lipinski definition) is 4. The molecule has 5 nitrogen and oxygen atoms in total. The molecule has 2 aromatic rings. The van der Waals surface area contributed by atoms with Gasteiger partial charge in [-0.15, -0.1) is 0 Å². The van der Waals surface area contributed by atoms with Gasteiger partial charge in [0.15, 0.2) is 5.60 Å². The van der Waals surface area contributed by atoms with Crippen molar-refractivity contribution < 1.29 is 9.53 Å². The van der Waals surface area contributed by atoms with Crippen LogP contribution in [-0.2, 0) is 22.5 Å². The first-order chi connectivity index (χ1) is 13.2. The van der Waals surface area contributed by atoms with Crippen LogP contribution in [0.25, 0.3) is 0 Å². The highest BCUT2D eigenvalue weighted by Crippen LogP contribution is 2.32. The Hall–Kier alpha value is -2.24. The summed E-state index contributed by atoms with van der Waals surface area (Å²) in [4.78, 5) is 20.1. The standard InChI is InChI=1S/C22H27N3O2/c26-21(24-15-18-6-2-1-3-7-18)22(14-20-8-4-5-11-23-20)17-25(12-13-27-22)16-19-9-10-19/h1-8,11,19H,9-10,12-17H2,(H,24,26). The first-order valence-corrected chi connectivity index (χ1v) is 9.82. The average Bonchev–Trinajstić information content (AvgIpc) is 3.52. The number of benzene rings is 1. The number of morpholine rings is 1. The van der Waals surface area contributed by atoms with Crippen LogP contribution in [0.15, 0.2) is 54.7 Å². The van der Waals surface area contributed by atoms with Crippen molar-refractivity contribution in [3.05, 3.63) is 66.0 Å². The molecule has 1 unspecified atom stereocenters. The molecule has 0 radical (unpaired) electrons. The zero-order chi connectivity index (χ0) is 18.5. The highest BCUT2D eigenvalue weighted by molar-refractivity contribution is 5.86. The van der Waals surface area contributed by atoms with Gasteiger partial charge in [-0.05, 0) is 36.5 Å². The Labute approximate surface area is 160 Å². The third-order valence-corrected chi connectivity index (χ3v) is 5.38. The van der Waals surface area contributed by atoms with E-state index in [4.69, 9.17) is 4.74 Å². The molecule has 5 heteroatoms. The van der Waals surface area contributed by atoms with Gasteiger partial charge in [0.05, 0.1) is 6.61 Å². The fourth-order valence-electron chi connectivity index (χ4n) is 3.74. The van der Waals surface area contributed by atoms with Crippen LogP contribution in [0.2, 0.25) is 0 Å². The van der Waals surface area contributed by atoms with Gasteiger partial charge in [-0.1, -0.05) is 36.4 Å². The molecule has 2 fully saturated rings. The Morgan fingerprint density at radius 3 is 2.74 bits per heavy atom. The van der Waals surface area contributed by atoms with Crippen LogP contribution in [0.1, 0.15) is 24.1 Å². The summed E-state index contributed by atoms with van der Waals surface area (Å²) in [6, 6.07) is 15.8. The molecule has 1 aromatic heterocycles. The molecule has 0 spiro atoms. The number of nitrogens with zero attached hydrogens (tertiary/aromatic N) is 2. The van der Waals surface area contributed by atoms with Crippen LogP contribution in [-0.4, -0.2) is 47.6 Å². The van der Waals surface area contributed by atoms with Crippen molar-refractivity contribution in [2.45, 2.75) is 31.4 Å². The number of pyridine rings is 1. The van der Waals surface area contributed by atoms with Crippen molar-refractivity contribution in [2.24, 2.45) is 5.92 Å². The quantitative estimate of drug-likeness (QED) is 0.819. The van der Waals surface area contributed by atoms with Crippen molar-refractivity contribution in [1.29, 1.82) is 0 Å². The molecular formula is C22H27N3O2. The Bertz CT molecular complexity index is 749. The highest BCUT2D eigenvalue weighted by Gasteiger charge is 2.44. The van der Waals surface area contributed by atoms with Gasteiger partial charge in [-0.2, -0.15) is 0 Å². The number of nitrogens with one attached hydrogen (secondary N) is 1. The van der Waals surface area contributed by atoms with E-state index in [-0.39, 0.29) is 5.91 Å². The number of carbonyl (C=O) groups is 1. The molecule has 2 aliphatic rings. The van der Waals surface area contributed by atoms with Crippen LogP contribution in [0, 0.1) is 5.92 Å². The lowest BCUT2D eigenvalue weighted by atomic mass is 9.93. The second-order valence-electron chi connectivity index (χ2n) is 7.69. The highest BCUT2D eigenvalue weighted by atomic mass is 16.5. The third kappa shape index (κ3) is 4.73. The van der Waals surface area contributed by atoms with E-state index < -0.39 is 5.60 Å². The van der Waals surface area contributed by atoms with Crippen LogP contribution < -0.4 is 5.32 Å². The predicted molar refractivity (Wildman–Crippen MR) is 104 cm³/mol. The number of carbonyl (C=O) groups excluding carboxylic acids is 1. The molecule has 142 valence electrons. The maximum atomic E-state index is 13.3. The summed E-state index contributed by atoms with van der Waals surface area (Å²) in [5, 5.41) is 3.10. The fraction of sp³-hybridized carbons (Fsp3) is 0.455.